The molecule has 0 radical (unpaired) electrons. The van der Waals surface area contributed by atoms with Crippen LogP contribution >= 0.6 is 0 Å². The summed E-state index contributed by atoms with van der Waals surface area (Å²) in [4.78, 5) is 31.6. The standard InChI is InChI=1S/C31H31N3O3/c1-22-11-13-25(14-12-22)34(23(2)35)19-28-26-9-6-10-29(36)27(26)15-16-30(28)37-31(20-33-18-17-32-21-33)24-7-4-3-5-8-24/h3-5,7-8,11-18,21,31H,6,9-10,19-20H2,1-2H3. The van der Waals surface area contributed by atoms with Crippen molar-refractivity contribution in [3.8, 4) is 5.75 Å². The first-order chi connectivity index (χ1) is 18.0. The van der Waals surface area contributed by atoms with Crippen LogP contribution in [-0.4, -0.2) is 21.2 Å². The molecular formula is C31H31N3O3. The van der Waals surface area contributed by atoms with Gasteiger partial charge in [-0.3, -0.25) is 9.59 Å². The van der Waals surface area contributed by atoms with Crippen LogP contribution in [0, 0.1) is 6.92 Å². The van der Waals surface area contributed by atoms with Crippen molar-refractivity contribution in [2.24, 2.45) is 0 Å². The SMILES string of the molecule is CC(=O)N(Cc1c(OC(Cn2ccnc2)c2ccccc2)ccc2c1CCCC2=O)c1ccc(C)cc1. The number of Topliss-reactive ketones (excluding diaryl/α,β-unsaturated/α-hetero) is 1. The predicted molar refractivity (Wildman–Crippen MR) is 144 cm³/mol. The van der Waals surface area contributed by atoms with E-state index in [1.54, 1.807) is 24.3 Å². The Morgan fingerprint density at radius 3 is 2.54 bits per heavy atom. The van der Waals surface area contributed by atoms with Crippen LogP contribution in [0.3, 0.4) is 0 Å². The Balaban J connectivity index is 1.57. The van der Waals surface area contributed by atoms with Gasteiger partial charge in [-0.05, 0) is 55.2 Å². The Morgan fingerprint density at radius 1 is 1.05 bits per heavy atom. The second-order valence-corrected chi connectivity index (χ2v) is 9.56. The van der Waals surface area contributed by atoms with Gasteiger partial charge in [0.05, 0.1) is 19.4 Å². The number of rotatable bonds is 8. The summed E-state index contributed by atoms with van der Waals surface area (Å²) < 4.78 is 8.74. The molecular weight excluding hydrogens is 462 g/mol. The molecule has 188 valence electrons. The molecule has 1 aliphatic carbocycles. The highest BCUT2D eigenvalue weighted by Gasteiger charge is 2.26. The Kier molecular flexibility index (Phi) is 7.17. The molecule has 6 heteroatoms. The third-order valence-electron chi connectivity index (χ3n) is 6.94. The largest absolute Gasteiger partial charge is 0.483 e. The molecule has 0 saturated heterocycles. The third kappa shape index (κ3) is 5.48. The molecule has 0 aliphatic heterocycles. The first kappa shape index (κ1) is 24.5. The number of fused-ring (bicyclic) bond motifs is 1. The van der Waals surface area contributed by atoms with Crippen LogP contribution in [0.2, 0.25) is 0 Å². The molecule has 5 rings (SSSR count). The van der Waals surface area contributed by atoms with Crippen LogP contribution in [0.15, 0.2) is 85.5 Å². The molecule has 0 bridgehead atoms. The fraction of sp³-hybridized carbons (Fsp3) is 0.258. The van der Waals surface area contributed by atoms with Gasteiger partial charge in [0.15, 0.2) is 5.78 Å². The van der Waals surface area contributed by atoms with Gasteiger partial charge in [-0.25, -0.2) is 4.98 Å². The van der Waals surface area contributed by atoms with Gasteiger partial charge >= 0.3 is 0 Å². The van der Waals surface area contributed by atoms with Gasteiger partial charge in [0, 0.05) is 42.6 Å². The summed E-state index contributed by atoms with van der Waals surface area (Å²) in [5, 5.41) is 0. The zero-order valence-electron chi connectivity index (χ0n) is 21.3. The van der Waals surface area contributed by atoms with Gasteiger partial charge < -0.3 is 14.2 Å². The molecule has 0 N–H and O–H groups in total. The van der Waals surface area contributed by atoms with Gasteiger partial charge in [-0.1, -0.05) is 48.0 Å². The van der Waals surface area contributed by atoms with Gasteiger partial charge in [-0.15, -0.1) is 0 Å². The maximum Gasteiger partial charge on any atom is 0.224 e. The molecule has 1 heterocycles. The number of carbonyl (C=O) groups excluding carboxylic acids is 2. The number of aromatic nitrogens is 2. The summed E-state index contributed by atoms with van der Waals surface area (Å²) in [5.41, 5.74) is 5.62. The smallest absolute Gasteiger partial charge is 0.224 e. The second kappa shape index (κ2) is 10.8. The molecule has 1 atom stereocenters. The van der Waals surface area contributed by atoms with E-state index in [9.17, 15) is 9.59 Å². The number of anilines is 1. The van der Waals surface area contributed by atoms with Crippen LogP contribution in [0.5, 0.6) is 5.75 Å². The van der Waals surface area contributed by atoms with Crippen molar-refractivity contribution in [3.63, 3.8) is 0 Å². The summed E-state index contributed by atoms with van der Waals surface area (Å²) in [6.45, 7) is 4.51. The minimum absolute atomic E-state index is 0.0624. The topological polar surface area (TPSA) is 64.4 Å². The Labute approximate surface area is 217 Å². The number of aryl methyl sites for hydroxylation is 1. The number of ketones is 1. The average molecular weight is 494 g/mol. The third-order valence-corrected chi connectivity index (χ3v) is 6.94. The van der Waals surface area contributed by atoms with E-state index in [4.69, 9.17) is 4.74 Å². The highest BCUT2D eigenvalue weighted by molar-refractivity contribution is 5.99. The molecule has 1 amide bonds. The van der Waals surface area contributed by atoms with Crippen molar-refractivity contribution in [1.29, 1.82) is 0 Å². The van der Waals surface area contributed by atoms with Crippen molar-refractivity contribution >= 4 is 17.4 Å². The lowest BCUT2D eigenvalue weighted by Gasteiger charge is -2.29. The van der Waals surface area contributed by atoms with Crippen molar-refractivity contribution in [1.82, 2.24) is 9.55 Å². The van der Waals surface area contributed by atoms with Gasteiger partial charge in [0.2, 0.25) is 5.91 Å². The monoisotopic (exact) mass is 493 g/mol. The second-order valence-electron chi connectivity index (χ2n) is 9.56. The van der Waals surface area contributed by atoms with Crippen LogP contribution in [0.25, 0.3) is 0 Å². The molecule has 1 aliphatic rings. The molecule has 0 fully saturated rings. The zero-order chi connectivity index (χ0) is 25.8. The highest BCUT2D eigenvalue weighted by atomic mass is 16.5. The van der Waals surface area contributed by atoms with Crippen LogP contribution in [0.4, 0.5) is 5.69 Å². The Bertz CT molecular complexity index is 1380. The van der Waals surface area contributed by atoms with Crippen molar-refractivity contribution in [3.05, 3.63) is 113 Å². The number of nitrogens with zero attached hydrogens (tertiary/aromatic N) is 3. The van der Waals surface area contributed by atoms with E-state index < -0.39 is 0 Å². The Morgan fingerprint density at radius 2 is 1.84 bits per heavy atom. The number of benzene rings is 3. The lowest BCUT2D eigenvalue weighted by molar-refractivity contribution is -0.116. The van der Waals surface area contributed by atoms with E-state index in [2.05, 4.69) is 17.1 Å². The maximum absolute atomic E-state index is 12.8. The quantitative estimate of drug-likeness (QED) is 0.298. The summed E-state index contributed by atoms with van der Waals surface area (Å²) in [7, 11) is 0. The first-order valence-corrected chi connectivity index (χ1v) is 12.7. The van der Waals surface area contributed by atoms with E-state index in [0.717, 1.165) is 46.3 Å². The van der Waals surface area contributed by atoms with Crippen molar-refractivity contribution in [2.75, 3.05) is 4.90 Å². The number of carbonyl (C=O) groups is 2. The number of amides is 1. The predicted octanol–water partition coefficient (Wildman–Crippen LogP) is 6.08. The lowest BCUT2D eigenvalue weighted by Crippen LogP contribution is -2.29. The first-order valence-electron chi connectivity index (χ1n) is 12.7. The number of ether oxygens (including phenoxy) is 1. The average Bonchev–Trinajstić information content (AvgIpc) is 3.42. The minimum Gasteiger partial charge on any atom is -0.483 e. The van der Waals surface area contributed by atoms with E-state index in [1.807, 2.05) is 72.3 Å². The van der Waals surface area contributed by atoms with Crippen LogP contribution < -0.4 is 9.64 Å². The summed E-state index contributed by atoms with van der Waals surface area (Å²) in [6.07, 6.45) is 7.30. The molecule has 6 nitrogen and oxygen atoms in total. The van der Waals surface area contributed by atoms with E-state index >= 15 is 0 Å². The summed E-state index contributed by atoms with van der Waals surface area (Å²) in [6, 6.07) is 21.8. The molecule has 3 aromatic carbocycles. The number of hydrogen-bond acceptors (Lipinski definition) is 4. The maximum atomic E-state index is 12.8. The van der Waals surface area contributed by atoms with Crippen molar-refractivity contribution < 1.29 is 14.3 Å². The zero-order valence-corrected chi connectivity index (χ0v) is 21.3. The van der Waals surface area contributed by atoms with Crippen molar-refractivity contribution in [2.45, 2.75) is 52.3 Å². The fourth-order valence-electron chi connectivity index (χ4n) is 4.95. The van der Waals surface area contributed by atoms with Gasteiger partial charge in [0.1, 0.15) is 11.9 Å². The molecule has 4 aromatic rings. The summed E-state index contributed by atoms with van der Waals surface area (Å²) in [5.74, 6) is 0.783. The van der Waals surface area contributed by atoms with Gasteiger partial charge in [0.25, 0.3) is 0 Å². The summed E-state index contributed by atoms with van der Waals surface area (Å²) >= 11 is 0. The molecule has 37 heavy (non-hydrogen) atoms. The number of hydrogen-bond donors (Lipinski definition) is 0. The Hall–Kier alpha value is -4.19. The minimum atomic E-state index is -0.281. The fourth-order valence-corrected chi connectivity index (χ4v) is 4.95. The van der Waals surface area contributed by atoms with Crippen LogP contribution in [0.1, 0.15) is 58.5 Å². The lowest BCUT2D eigenvalue weighted by atomic mass is 9.86. The molecule has 1 aromatic heterocycles. The van der Waals surface area contributed by atoms with E-state index in [1.165, 1.54) is 0 Å². The molecule has 0 spiro atoms. The van der Waals surface area contributed by atoms with E-state index in [-0.39, 0.29) is 17.8 Å². The molecule has 1 unspecified atom stereocenters. The normalized spacial score (nSPS) is 13.6. The van der Waals surface area contributed by atoms with E-state index in [0.29, 0.717) is 25.3 Å². The molecule has 0 saturated carbocycles. The van der Waals surface area contributed by atoms with Crippen LogP contribution in [-0.2, 0) is 24.3 Å². The highest BCUT2D eigenvalue weighted by Crippen LogP contribution is 2.36. The van der Waals surface area contributed by atoms with Gasteiger partial charge in [-0.2, -0.15) is 0 Å². The number of imidazole rings is 1.